The minimum Gasteiger partial charge on any atom is -0.497 e. The van der Waals surface area contributed by atoms with Crippen molar-refractivity contribution in [1.82, 2.24) is 9.40 Å². The summed E-state index contributed by atoms with van der Waals surface area (Å²) in [5, 5.41) is 5.51. The molecule has 1 aliphatic rings. The number of fused-ring (bicyclic) bond motifs is 1. The molecule has 0 saturated carbocycles. The van der Waals surface area contributed by atoms with Crippen molar-refractivity contribution in [2.45, 2.75) is 19.4 Å². The van der Waals surface area contributed by atoms with Crippen LogP contribution in [-0.4, -0.2) is 36.9 Å². The second-order valence-electron chi connectivity index (χ2n) is 7.10. The number of benzene rings is 2. The summed E-state index contributed by atoms with van der Waals surface area (Å²) < 4.78 is 31.3. The van der Waals surface area contributed by atoms with Gasteiger partial charge in [-0.3, -0.25) is 0 Å². The molecular weight excluding hydrogens is 410 g/mol. The molecule has 1 atom stereocenters. The summed E-state index contributed by atoms with van der Waals surface area (Å²) in [4.78, 5) is 4.46. The highest BCUT2D eigenvalue weighted by Gasteiger charge is 2.36. The minimum absolute atomic E-state index is 0.265. The van der Waals surface area contributed by atoms with Crippen LogP contribution in [0, 0.1) is 6.92 Å². The summed E-state index contributed by atoms with van der Waals surface area (Å²) in [6, 6.07) is 14.6. The Balaban J connectivity index is 1.80. The van der Waals surface area contributed by atoms with Gasteiger partial charge in [-0.2, -0.15) is 9.52 Å². The van der Waals surface area contributed by atoms with Crippen molar-refractivity contribution in [3.8, 4) is 5.75 Å². The van der Waals surface area contributed by atoms with Crippen molar-refractivity contribution in [2.75, 3.05) is 13.4 Å². The first-order chi connectivity index (χ1) is 13.8. The van der Waals surface area contributed by atoms with Crippen LogP contribution in [-0.2, 0) is 10.0 Å². The number of hydrogen-bond donors (Lipinski definition) is 0. The van der Waals surface area contributed by atoms with E-state index in [-0.39, 0.29) is 5.15 Å². The van der Waals surface area contributed by atoms with Gasteiger partial charge in [0.1, 0.15) is 10.9 Å². The van der Waals surface area contributed by atoms with E-state index in [1.54, 1.807) is 7.11 Å². The van der Waals surface area contributed by atoms with Crippen LogP contribution < -0.4 is 4.74 Å². The molecular formula is C21H20ClN3O3S. The van der Waals surface area contributed by atoms with E-state index in [1.807, 2.05) is 55.5 Å². The summed E-state index contributed by atoms with van der Waals surface area (Å²) in [7, 11) is -2.00. The molecule has 1 aromatic heterocycles. The molecule has 1 unspecified atom stereocenters. The molecule has 0 radical (unpaired) electrons. The molecule has 3 aromatic rings. The summed E-state index contributed by atoms with van der Waals surface area (Å²) in [5.74, 6) is 0.690. The second-order valence-corrected chi connectivity index (χ2v) is 9.29. The van der Waals surface area contributed by atoms with Crippen LogP contribution in [0.5, 0.6) is 5.75 Å². The molecule has 2 heterocycles. The predicted octanol–water partition coefficient (Wildman–Crippen LogP) is 4.32. The molecule has 0 amide bonds. The lowest BCUT2D eigenvalue weighted by Gasteiger charge is -2.22. The number of aryl methyl sites for hydroxylation is 1. The van der Waals surface area contributed by atoms with Crippen LogP contribution in [0.1, 0.15) is 29.2 Å². The number of methoxy groups -OCH3 is 1. The summed E-state index contributed by atoms with van der Waals surface area (Å²) in [6.07, 6.45) is 1.56. The van der Waals surface area contributed by atoms with Crippen molar-refractivity contribution in [1.29, 1.82) is 0 Å². The van der Waals surface area contributed by atoms with Crippen LogP contribution in [0.15, 0.2) is 53.6 Å². The number of halogens is 1. The van der Waals surface area contributed by atoms with E-state index < -0.39 is 16.1 Å². The molecule has 0 N–H and O–H groups in total. The number of rotatable bonds is 4. The third-order valence-corrected chi connectivity index (χ3v) is 6.28. The largest absolute Gasteiger partial charge is 0.497 e. The molecule has 8 heteroatoms. The highest BCUT2D eigenvalue weighted by atomic mass is 35.5. The van der Waals surface area contributed by atoms with Gasteiger partial charge in [-0.1, -0.05) is 41.4 Å². The topological polar surface area (TPSA) is 71.9 Å². The Morgan fingerprint density at radius 3 is 2.52 bits per heavy atom. The fourth-order valence-corrected chi connectivity index (χ4v) is 4.62. The fourth-order valence-electron chi connectivity index (χ4n) is 3.45. The summed E-state index contributed by atoms with van der Waals surface area (Å²) in [5.41, 5.74) is 4.03. The van der Waals surface area contributed by atoms with Crippen LogP contribution >= 0.6 is 11.6 Å². The van der Waals surface area contributed by atoms with E-state index in [0.29, 0.717) is 29.0 Å². The van der Waals surface area contributed by atoms with Gasteiger partial charge in [-0.15, -0.1) is 0 Å². The van der Waals surface area contributed by atoms with E-state index in [9.17, 15) is 8.42 Å². The normalized spacial score (nSPS) is 16.9. The Morgan fingerprint density at radius 1 is 1.14 bits per heavy atom. The fraction of sp³-hybridized carbons (Fsp3) is 0.238. The molecule has 0 spiro atoms. The predicted molar refractivity (Wildman–Crippen MR) is 115 cm³/mol. The van der Waals surface area contributed by atoms with Crippen LogP contribution in [0.3, 0.4) is 0 Å². The third kappa shape index (κ3) is 3.80. The molecule has 150 valence electrons. The Morgan fingerprint density at radius 2 is 1.86 bits per heavy atom. The Hall–Kier alpha value is -2.64. The molecule has 0 saturated heterocycles. The first-order valence-corrected chi connectivity index (χ1v) is 11.3. The minimum atomic E-state index is -3.60. The molecule has 1 aliphatic heterocycles. The molecule has 29 heavy (non-hydrogen) atoms. The maximum absolute atomic E-state index is 12.5. The smallest absolute Gasteiger partial charge is 0.247 e. The molecule has 0 fully saturated rings. The maximum atomic E-state index is 12.5. The Labute approximate surface area is 174 Å². The quantitative estimate of drug-likeness (QED) is 0.579. The lowest BCUT2D eigenvalue weighted by Crippen LogP contribution is -2.26. The van der Waals surface area contributed by atoms with E-state index in [4.69, 9.17) is 16.3 Å². The lowest BCUT2D eigenvalue weighted by molar-refractivity contribution is 0.374. The van der Waals surface area contributed by atoms with Gasteiger partial charge in [0.25, 0.3) is 0 Å². The van der Waals surface area contributed by atoms with E-state index in [1.165, 1.54) is 0 Å². The maximum Gasteiger partial charge on any atom is 0.247 e. The molecule has 0 aliphatic carbocycles. The van der Waals surface area contributed by atoms with Crippen molar-refractivity contribution in [3.63, 3.8) is 0 Å². The summed E-state index contributed by atoms with van der Waals surface area (Å²) in [6.45, 7) is 2.00. The van der Waals surface area contributed by atoms with Gasteiger partial charge in [0.2, 0.25) is 10.0 Å². The van der Waals surface area contributed by atoms with Gasteiger partial charge in [0.05, 0.1) is 30.6 Å². The number of nitrogens with zero attached hydrogens (tertiary/aromatic N) is 3. The van der Waals surface area contributed by atoms with Crippen molar-refractivity contribution in [2.24, 2.45) is 5.10 Å². The first kappa shape index (κ1) is 19.7. The van der Waals surface area contributed by atoms with Crippen molar-refractivity contribution >= 4 is 38.2 Å². The van der Waals surface area contributed by atoms with Gasteiger partial charge >= 0.3 is 0 Å². The highest BCUT2D eigenvalue weighted by Crippen LogP contribution is 2.38. The third-order valence-electron chi connectivity index (χ3n) is 4.96. The zero-order chi connectivity index (χ0) is 20.8. The Bertz CT molecular complexity index is 1220. The zero-order valence-electron chi connectivity index (χ0n) is 16.3. The Kier molecular flexibility index (Phi) is 4.96. The van der Waals surface area contributed by atoms with Crippen molar-refractivity contribution in [3.05, 3.63) is 70.4 Å². The number of hydrazone groups is 1. The van der Waals surface area contributed by atoms with Gasteiger partial charge in [-0.25, -0.2) is 13.4 Å². The molecule has 2 aromatic carbocycles. The first-order valence-electron chi connectivity index (χ1n) is 9.04. The average Bonchev–Trinajstić information content (AvgIpc) is 3.13. The van der Waals surface area contributed by atoms with Gasteiger partial charge in [-0.05, 0) is 36.8 Å². The SMILES string of the molecule is COc1ccc2nc(Cl)c(C3CC(c4ccc(C)cc4)=NN3S(C)(=O)=O)cc2c1. The monoisotopic (exact) mass is 429 g/mol. The van der Waals surface area contributed by atoms with Crippen LogP contribution in [0.25, 0.3) is 10.9 Å². The van der Waals surface area contributed by atoms with E-state index in [0.717, 1.165) is 27.2 Å². The van der Waals surface area contributed by atoms with Gasteiger partial charge in [0, 0.05) is 17.4 Å². The average molecular weight is 430 g/mol. The number of hydrogen-bond acceptors (Lipinski definition) is 5. The standard InChI is InChI=1S/C21H20ClN3O3S/c1-13-4-6-14(7-5-13)19-12-20(25(24-19)29(3,26)27)17-11-15-10-16(28-2)8-9-18(15)23-21(17)22/h4-11,20H,12H2,1-3H3. The van der Waals surface area contributed by atoms with Crippen LogP contribution in [0.2, 0.25) is 5.15 Å². The van der Waals surface area contributed by atoms with Crippen LogP contribution in [0.4, 0.5) is 0 Å². The zero-order valence-corrected chi connectivity index (χ0v) is 17.8. The van der Waals surface area contributed by atoms with Gasteiger partial charge in [0.15, 0.2) is 0 Å². The van der Waals surface area contributed by atoms with Crippen molar-refractivity contribution < 1.29 is 13.2 Å². The number of pyridine rings is 1. The summed E-state index contributed by atoms with van der Waals surface area (Å²) >= 11 is 6.47. The highest BCUT2D eigenvalue weighted by molar-refractivity contribution is 7.88. The van der Waals surface area contributed by atoms with Gasteiger partial charge < -0.3 is 4.74 Å². The number of sulfonamides is 1. The van der Waals surface area contributed by atoms with E-state index in [2.05, 4.69) is 10.1 Å². The molecule has 4 rings (SSSR count). The number of aromatic nitrogens is 1. The molecule has 6 nitrogen and oxygen atoms in total. The van der Waals surface area contributed by atoms with E-state index >= 15 is 0 Å². The number of ether oxygens (including phenoxy) is 1. The second kappa shape index (κ2) is 7.31. The molecule has 0 bridgehead atoms. The lowest BCUT2D eigenvalue weighted by atomic mass is 9.98.